The quantitative estimate of drug-likeness (QED) is 0.375. The molecule has 2 aliphatic rings. The van der Waals surface area contributed by atoms with Gasteiger partial charge >= 0.3 is 0 Å². The molecule has 0 radical (unpaired) electrons. The van der Waals surface area contributed by atoms with E-state index in [9.17, 15) is 14.4 Å². The molecular formula is C30H49N5O3S. The van der Waals surface area contributed by atoms with Crippen LogP contribution in [0.1, 0.15) is 82.2 Å². The summed E-state index contributed by atoms with van der Waals surface area (Å²) in [6.07, 6.45) is 9.12. The first kappa shape index (κ1) is 32.8. The Morgan fingerprint density at radius 3 is 2.38 bits per heavy atom. The molecule has 4 rings (SSSR count). The van der Waals surface area contributed by atoms with Crippen molar-refractivity contribution in [2.45, 2.75) is 84.1 Å². The zero-order valence-corrected chi connectivity index (χ0v) is 25.3. The smallest absolute Gasteiger partial charge is 0.220 e. The number of nitrogens with one attached hydrogen (secondary N) is 2. The van der Waals surface area contributed by atoms with Gasteiger partial charge in [0.2, 0.25) is 11.8 Å². The fraction of sp³-hybridized carbons (Fsp3) is 0.667. The summed E-state index contributed by atoms with van der Waals surface area (Å²) in [6.45, 7) is 8.92. The monoisotopic (exact) mass is 559 g/mol. The summed E-state index contributed by atoms with van der Waals surface area (Å²) in [4.78, 5) is 38.9. The van der Waals surface area contributed by atoms with E-state index >= 15 is 0 Å². The minimum absolute atomic E-state index is 0.156. The second kappa shape index (κ2) is 17.4. The summed E-state index contributed by atoms with van der Waals surface area (Å²) in [5.74, 6) is 1.39. The fourth-order valence-corrected chi connectivity index (χ4v) is 5.89. The molecule has 39 heavy (non-hydrogen) atoms. The lowest BCUT2D eigenvalue weighted by molar-refractivity contribution is -0.122. The second-order valence-electron chi connectivity index (χ2n) is 11.1. The molecule has 2 fully saturated rings. The van der Waals surface area contributed by atoms with Gasteiger partial charge in [0.1, 0.15) is 6.29 Å². The highest BCUT2D eigenvalue weighted by Crippen LogP contribution is 2.28. The number of hydrogen-bond acceptors (Lipinski definition) is 7. The number of thiazole rings is 1. The molecule has 1 atom stereocenters. The Morgan fingerprint density at radius 1 is 1.21 bits per heavy atom. The van der Waals surface area contributed by atoms with E-state index in [4.69, 9.17) is 4.98 Å². The number of carbonyl (C=O) groups is 3. The molecule has 4 N–H and O–H groups in total. The van der Waals surface area contributed by atoms with Crippen LogP contribution in [-0.2, 0) is 20.8 Å². The predicted octanol–water partition coefficient (Wildman–Crippen LogP) is 4.27. The van der Waals surface area contributed by atoms with Crippen molar-refractivity contribution < 1.29 is 14.4 Å². The van der Waals surface area contributed by atoms with E-state index in [1.165, 1.54) is 42.4 Å². The van der Waals surface area contributed by atoms with Gasteiger partial charge < -0.3 is 26.1 Å². The number of fused-ring (bicyclic) bond motifs is 1. The molecule has 2 heterocycles. The number of rotatable bonds is 10. The molecule has 218 valence electrons. The topological polar surface area (TPSA) is 117 Å². The van der Waals surface area contributed by atoms with E-state index in [0.717, 1.165) is 42.9 Å². The Morgan fingerprint density at radius 2 is 1.87 bits per heavy atom. The largest absolute Gasteiger partial charge is 0.370 e. The van der Waals surface area contributed by atoms with Crippen molar-refractivity contribution >= 4 is 39.7 Å². The Kier molecular flexibility index (Phi) is 14.6. The van der Waals surface area contributed by atoms with Crippen molar-refractivity contribution in [3.8, 4) is 0 Å². The number of likely N-dealkylation sites (N-methyl/N-ethyl adjacent to an activating group) is 1. The minimum atomic E-state index is -0.245. The molecule has 0 spiro atoms. The number of aldehydes is 1. The van der Waals surface area contributed by atoms with Crippen LogP contribution in [-0.4, -0.2) is 67.8 Å². The first-order chi connectivity index (χ1) is 18.7. The van der Waals surface area contributed by atoms with Crippen LogP contribution >= 0.6 is 11.3 Å². The van der Waals surface area contributed by atoms with Crippen LogP contribution in [0.4, 0.5) is 0 Å². The number of benzene rings is 1. The van der Waals surface area contributed by atoms with Gasteiger partial charge in [-0.3, -0.25) is 9.59 Å². The van der Waals surface area contributed by atoms with E-state index in [-0.39, 0.29) is 17.9 Å². The van der Waals surface area contributed by atoms with Crippen LogP contribution in [0.15, 0.2) is 18.2 Å². The highest BCUT2D eigenvalue weighted by atomic mass is 32.1. The van der Waals surface area contributed by atoms with E-state index in [1.54, 1.807) is 18.3 Å². The summed E-state index contributed by atoms with van der Waals surface area (Å²) in [7, 11) is 3.98. The third kappa shape index (κ3) is 11.7. The average Bonchev–Trinajstić information content (AvgIpc) is 3.33. The number of hydrogen-bond donors (Lipinski definition) is 3. The van der Waals surface area contributed by atoms with Crippen LogP contribution in [0.25, 0.3) is 10.2 Å². The molecular weight excluding hydrogens is 510 g/mol. The van der Waals surface area contributed by atoms with Crippen LogP contribution < -0.4 is 16.4 Å². The lowest BCUT2D eigenvalue weighted by Crippen LogP contribution is -2.46. The standard InChI is InChI=1S/C22H33N3OS.C5H9NO.C3H7NO/c1-15(2)17-9-10-18-20(13-17)27-22(25-18)12-11-21(26)24-19(14-23-3)16-7-5-4-6-8-16;1-6-2-5(3-6)4-7;1-2-3(4)5/h9-10,13,15-16,19,23H,4-8,11-12,14H2,1-3H3,(H,24,26);4-5H,2-3H2,1H3;2H2,1H3,(H2,4,5). The number of likely N-dealkylation sites (tertiary alicyclic amines) is 1. The number of carbonyl (C=O) groups excluding carboxylic acids is 3. The van der Waals surface area contributed by atoms with Gasteiger partial charge in [0.05, 0.1) is 15.2 Å². The molecule has 1 aromatic heterocycles. The van der Waals surface area contributed by atoms with Crippen LogP contribution in [0, 0.1) is 11.8 Å². The minimum Gasteiger partial charge on any atom is -0.370 e. The van der Waals surface area contributed by atoms with Crippen molar-refractivity contribution in [1.29, 1.82) is 0 Å². The summed E-state index contributed by atoms with van der Waals surface area (Å²) >= 11 is 1.72. The van der Waals surface area contributed by atoms with Gasteiger partial charge in [-0.1, -0.05) is 46.1 Å². The summed E-state index contributed by atoms with van der Waals surface area (Å²) in [6, 6.07) is 6.77. The second-order valence-corrected chi connectivity index (χ2v) is 12.2. The number of aryl methyl sites for hydroxylation is 1. The molecule has 1 aromatic carbocycles. The van der Waals surface area contributed by atoms with Gasteiger partial charge in [-0.2, -0.15) is 0 Å². The van der Waals surface area contributed by atoms with E-state index in [1.807, 2.05) is 14.1 Å². The number of primary amides is 1. The molecule has 2 amide bonds. The van der Waals surface area contributed by atoms with Crippen molar-refractivity contribution in [3.05, 3.63) is 28.8 Å². The van der Waals surface area contributed by atoms with Gasteiger partial charge in [0.15, 0.2) is 0 Å². The lowest BCUT2D eigenvalue weighted by Gasteiger charge is -2.31. The van der Waals surface area contributed by atoms with E-state index in [2.05, 4.69) is 53.3 Å². The zero-order chi connectivity index (χ0) is 28.8. The molecule has 8 nitrogen and oxygen atoms in total. The average molecular weight is 560 g/mol. The summed E-state index contributed by atoms with van der Waals surface area (Å²) in [5.41, 5.74) is 7.05. The molecule has 1 saturated heterocycles. The molecule has 0 bridgehead atoms. The Balaban J connectivity index is 0.000000367. The molecule has 1 aliphatic heterocycles. The Hall–Kier alpha value is -2.36. The predicted molar refractivity (Wildman–Crippen MR) is 161 cm³/mol. The van der Waals surface area contributed by atoms with Gasteiger partial charge in [-0.15, -0.1) is 11.3 Å². The maximum Gasteiger partial charge on any atom is 0.220 e. The Bertz CT molecular complexity index is 1030. The fourth-order valence-electron chi connectivity index (χ4n) is 4.88. The van der Waals surface area contributed by atoms with Gasteiger partial charge in [0.25, 0.3) is 0 Å². The van der Waals surface area contributed by atoms with Gasteiger partial charge in [-0.05, 0) is 56.5 Å². The van der Waals surface area contributed by atoms with Crippen LogP contribution in [0.3, 0.4) is 0 Å². The SMILES string of the molecule is CCC(N)=O.CN1CC(C=O)C1.CNCC(NC(=O)CCc1nc2ccc(C(C)C)cc2s1)C1CCCCC1. The molecule has 1 aliphatic carbocycles. The van der Waals surface area contributed by atoms with Gasteiger partial charge in [0, 0.05) is 50.9 Å². The number of aromatic nitrogens is 1. The first-order valence-corrected chi connectivity index (χ1v) is 15.2. The van der Waals surface area contributed by atoms with Crippen molar-refractivity contribution in [2.24, 2.45) is 17.6 Å². The molecule has 2 aromatic rings. The Labute approximate surface area is 238 Å². The molecule has 1 unspecified atom stereocenters. The van der Waals surface area contributed by atoms with E-state index < -0.39 is 0 Å². The third-order valence-corrected chi connectivity index (χ3v) is 8.39. The van der Waals surface area contributed by atoms with Gasteiger partial charge in [-0.25, -0.2) is 4.98 Å². The maximum atomic E-state index is 12.5. The van der Waals surface area contributed by atoms with Crippen LogP contribution in [0.2, 0.25) is 0 Å². The third-order valence-electron chi connectivity index (χ3n) is 7.31. The number of nitrogens with two attached hydrogens (primary N) is 1. The van der Waals surface area contributed by atoms with E-state index in [0.29, 0.717) is 30.6 Å². The first-order valence-electron chi connectivity index (χ1n) is 14.4. The zero-order valence-electron chi connectivity index (χ0n) is 24.5. The highest BCUT2D eigenvalue weighted by molar-refractivity contribution is 7.18. The highest BCUT2D eigenvalue weighted by Gasteiger charge is 2.24. The number of amides is 2. The molecule has 1 saturated carbocycles. The summed E-state index contributed by atoms with van der Waals surface area (Å²) < 4.78 is 1.23. The van der Waals surface area contributed by atoms with Crippen molar-refractivity contribution in [1.82, 2.24) is 20.5 Å². The van der Waals surface area contributed by atoms with Crippen LogP contribution in [0.5, 0.6) is 0 Å². The summed E-state index contributed by atoms with van der Waals surface area (Å²) in [5, 5.41) is 7.60. The van der Waals surface area contributed by atoms with Crippen molar-refractivity contribution in [3.63, 3.8) is 0 Å². The normalized spacial score (nSPS) is 16.9. The van der Waals surface area contributed by atoms with Crippen molar-refractivity contribution in [2.75, 3.05) is 33.7 Å². The molecule has 9 heteroatoms. The lowest BCUT2D eigenvalue weighted by atomic mass is 9.83. The number of nitrogens with zero attached hydrogens (tertiary/aromatic N) is 2. The maximum absolute atomic E-state index is 12.5.